The topological polar surface area (TPSA) is 42.9 Å². The van der Waals surface area contributed by atoms with Crippen LogP contribution in [-0.4, -0.2) is 79.6 Å². The fourth-order valence-corrected chi connectivity index (χ4v) is 5.70. The third-order valence-corrected chi connectivity index (χ3v) is 8.07. The van der Waals surface area contributed by atoms with Gasteiger partial charge in [-0.2, -0.15) is 0 Å². The number of likely N-dealkylation sites (N-methyl/N-ethyl adjacent to an activating group) is 1. The average Bonchev–Trinajstić information content (AvgIpc) is 3.66. The Balaban J connectivity index is 1.18. The van der Waals surface area contributed by atoms with Crippen LogP contribution in [-0.2, 0) is 11.2 Å². The van der Waals surface area contributed by atoms with Crippen molar-refractivity contribution >= 4 is 28.9 Å². The van der Waals surface area contributed by atoms with Crippen molar-refractivity contribution in [2.45, 2.75) is 26.2 Å². The van der Waals surface area contributed by atoms with Gasteiger partial charge in [0.15, 0.2) is 0 Å². The van der Waals surface area contributed by atoms with Gasteiger partial charge in [-0.3, -0.25) is 9.78 Å². The zero-order valence-corrected chi connectivity index (χ0v) is 20.5. The SMILES string of the molecule is CCN1CCN(c2ccc(C3=Cc4c(N5CCN(C(=O)C6CC6)CC5)ccnc4C3)c(F)c2)CC1. The van der Waals surface area contributed by atoms with Crippen LogP contribution in [0.5, 0.6) is 0 Å². The molecule has 184 valence electrons. The Morgan fingerprint density at radius 1 is 1.00 bits per heavy atom. The van der Waals surface area contributed by atoms with Gasteiger partial charge in [0.25, 0.3) is 0 Å². The number of nitrogens with zero attached hydrogens (tertiary/aromatic N) is 5. The molecule has 35 heavy (non-hydrogen) atoms. The van der Waals surface area contributed by atoms with Crippen LogP contribution in [0, 0.1) is 11.7 Å². The lowest BCUT2D eigenvalue weighted by atomic mass is 10.0. The Labute approximate surface area is 207 Å². The molecule has 2 aromatic rings. The third-order valence-electron chi connectivity index (χ3n) is 8.07. The van der Waals surface area contributed by atoms with Crippen molar-refractivity contribution < 1.29 is 9.18 Å². The van der Waals surface area contributed by atoms with Gasteiger partial charge in [-0.15, -0.1) is 0 Å². The lowest BCUT2D eigenvalue weighted by molar-refractivity contribution is -0.132. The molecule has 0 bridgehead atoms. The van der Waals surface area contributed by atoms with E-state index in [1.807, 2.05) is 17.2 Å². The molecule has 1 amide bonds. The van der Waals surface area contributed by atoms with Crippen LogP contribution in [0.3, 0.4) is 0 Å². The Kier molecular flexibility index (Phi) is 5.96. The molecule has 1 aromatic carbocycles. The van der Waals surface area contributed by atoms with Crippen LogP contribution >= 0.6 is 0 Å². The minimum Gasteiger partial charge on any atom is -0.369 e. The number of allylic oxidation sites excluding steroid dienone is 1. The van der Waals surface area contributed by atoms with Gasteiger partial charge in [0, 0.05) is 93.4 Å². The van der Waals surface area contributed by atoms with E-state index >= 15 is 4.39 Å². The van der Waals surface area contributed by atoms with E-state index in [9.17, 15) is 4.79 Å². The summed E-state index contributed by atoms with van der Waals surface area (Å²) in [4.78, 5) is 26.1. The second kappa shape index (κ2) is 9.26. The second-order valence-electron chi connectivity index (χ2n) is 10.2. The third kappa shape index (κ3) is 4.42. The summed E-state index contributed by atoms with van der Waals surface area (Å²) in [6, 6.07) is 7.77. The largest absolute Gasteiger partial charge is 0.369 e. The molecule has 6 nitrogen and oxygen atoms in total. The number of aromatic nitrogens is 1. The van der Waals surface area contributed by atoms with Crippen LogP contribution in [0.1, 0.15) is 36.6 Å². The standard InChI is InChI=1S/C28H34FN5O/c1-2-31-9-11-32(12-10-31)22-5-6-23(25(29)19-22)21-17-24-26(18-21)30-8-7-27(24)33-13-15-34(16-14-33)28(35)20-3-4-20/h5-8,17,19-20H,2-4,9-16,18H2,1H3. The maximum absolute atomic E-state index is 15.3. The van der Waals surface area contributed by atoms with Crippen LogP contribution in [0.2, 0.25) is 0 Å². The highest BCUT2D eigenvalue weighted by molar-refractivity contribution is 5.92. The first-order valence-corrected chi connectivity index (χ1v) is 13.1. The number of anilines is 2. The van der Waals surface area contributed by atoms with E-state index in [1.54, 1.807) is 6.07 Å². The van der Waals surface area contributed by atoms with Gasteiger partial charge >= 0.3 is 0 Å². The van der Waals surface area contributed by atoms with Crippen molar-refractivity contribution in [3.05, 3.63) is 53.1 Å². The van der Waals surface area contributed by atoms with Crippen molar-refractivity contribution in [3.63, 3.8) is 0 Å². The maximum atomic E-state index is 15.3. The summed E-state index contributed by atoms with van der Waals surface area (Å²) in [5.74, 6) is 0.450. The molecule has 3 heterocycles. The minimum absolute atomic E-state index is 0.159. The number of piperazine rings is 2. The molecule has 4 aliphatic rings. The lowest BCUT2D eigenvalue weighted by Gasteiger charge is -2.37. The molecule has 0 radical (unpaired) electrons. The fraction of sp³-hybridized carbons (Fsp3) is 0.500. The number of benzene rings is 1. The first-order chi connectivity index (χ1) is 17.1. The molecule has 0 unspecified atom stereocenters. The van der Waals surface area contributed by atoms with E-state index in [0.717, 1.165) is 99.9 Å². The predicted octanol–water partition coefficient (Wildman–Crippen LogP) is 3.52. The van der Waals surface area contributed by atoms with Crippen molar-refractivity contribution in [3.8, 4) is 0 Å². The van der Waals surface area contributed by atoms with Crippen LogP contribution in [0.15, 0.2) is 30.5 Å². The molecule has 1 aromatic heterocycles. The highest BCUT2D eigenvalue weighted by atomic mass is 19.1. The molecule has 0 spiro atoms. The first-order valence-electron chi connectivity index (χ1n) is 13.1. The van der Waals surface area contributed by atoms with E-state index in [-0.39, 0.29) is 11.7 Å². The van der Waals surface area contributed by atoms with E-state index in [0.29, 0.717) is 17.9 Å². The van der Waals surface area contributed by atoms with Gasteiger partial charge in [0.05, 0.1) is 5.69 Å². The predicted molar refractivity (Wildman–Crippen MR) is 138 cm³/mol. The van der Waals surface area contributed by atoms with E-state index < -0.39 is 0 Å². The molecular formula is C28H34FN5O. The summed E-state index contributed by atoms with van der Waals surface area (Å²) in [7, 11) is 0. The van der Waals surface area contributed by atoms with E-state index in [4.69, 9.17) is 0 Å². The van der Waals surface area contributed by atoms with Gasteiger partial charge in [-0.05, 0) is 55.3 Å². The average molecular weight is 476 g/mol. The zero-order valence-electron chi connectivity index (χ0n) is 20.5. The van der Waals surface area contributed by atoms with Gasteiger partial charge in [0.1, 0.15) is 5.82 Å². The molecule has 3 fully saturated rings. The number of amides is 1. The normalized spacial score (nSPS) is 20.7. The molecular weight excluding hydrogens is 441 g/mol. The summed E-state index contributed by atoms with van der Waals surface area (Å²) < 4.78 is 15.3. The lowest BCUT2D eigenvalue weighted by Crippen LogP contribution is -2.49. The summed E-state index contributed by atoms with van der Waals surface area (Å²) in [5, 5.41) is 0. The number of rotatable bonds is 5. The molecule has 0 N–H and O–H groups in total. The highest BCUT2D eigenvalue weighted by Crippen LogP contribution is 2.38. The van der Waals surface area contributed by atoms with Crippen LogP contribution < -0.4 is 9.80 Å². The fourth-order valence-electron chi connectivity index (χ4n) is 5.70. The molecule has 6 rings (SSSR count). The Morgan fingerprint density at radius 2 is 1.74 bits per heavy atom. The van der Waals surface area contributed by atoms with Crippen molar-refractivity contribution in [1.82, 2.24) is 14.8 Å². The minimum atomic E-state index is -0.159. The van der Waals surface area contributed by atoms with Crippen LogP contribution in [0.4, 0.5) is 15.8 Å². The number of pyridine rings is 1. The van der Waals surface area contributed by atoms with Crippen molar-refractivity contribution in [2.75, 3.05) is 68.7 Å². The van der Waals surface area contributed by atoms with Gasteiger partial charge in [-0.1, -0.05) is 6.92 Å². The Morgan fingerprint density at radius 3 is 2.43 bits per heavy atom. The first kappa shape index (κ1) is 22.5. The van der Waals surface area contributed by atoms with E-state index in [2.05, 4.69) is 44.8 Å². The maximum Gasteiger partial charge on any atom is 0.225 e. The zero-order chi connectivity index (χ0) is 23.9. The number of hydrogen-bond donors (Lipinski definition) is 0. The molecule has 2 aliphatic carbocycles. The second-order valence-corrected chi connectivity index (χ2v) is 10.2. The summed E-state index contributed by atoms with van der Waals surface area (Å²) >= 11 is 0. The summed E-state index contributed by atoms with van der Waals surface area (Å²) in [5.41, 5.74) is 5.88. The monoisotopic (exact) mass is 475 g/mol. The Bertz CT molecular complexity index is 1140. The highest BCUT2D eigenvalue weighted by Gasteiger charge is 2.35. The number of fused-ring (bicyclic) bond motifs is 1. The molecule has 0 atom stereocenters. The molecule has 7 heteroatoms. The number of carbonyl (C=O) groups is 1. The van der Waals surface area contributed by atoms with Gasteiger partial charge < -0.3 is 19.6 Å². The summed E-state index contributed by atoms with van der Waals surface area (Å²) in [6.07, 6.45) is 6.74. The number of hydrogen-bond acceptors (Lipinski definition) is 5. The number of halogens is 1. The van der Waals surface area contributed by atoms with Crippen LogP contribution in [0.25, 0.3) is 11.6 Å². The van der Waals surface area contributed by atoms with E-state index in [1.165, 1.54) is 0 Å². The van der Waals surface area contributed by atoms with Gasteiger partial charge in [-0.25, -0.2) is 4.39 Å². The quantitative estimate of drug-likeness (QED) is 0.662. The molecule has 2 saturated heterocycles. The number of carbonyl (C=O) groups excluding carboxylic acids is 1. The Hall–Kier alpha value is -2.93. The smallest absolute Gasteiger partial charge is 0.225 e. The molecule has 2 aliphatic heterocycles. The molecule has 1 saturated carbocycles. The van der Waals surface area contributed by atoms with Crippen molar-refractivity contribution in [1.29, 1.82) is 0 Å². The van der Waals surface area contributed by atoms with Gasteiger partial charge in [0.2, 0.25) is 5.91 Å². The van der Waals surface area contributed by atoms with Crippen molar-refractivity contribution in [2.24, 2.45) is 5.92 Å². The summed E-state index contributed by atoms with van der Waals surface area (Å²) in [6.45, 7) is 10.4.